The van der Waals surface area contributed by atoms with E-state index in [1.54, 1.807) is 0 Å². The Morgan fingerprint density at radius 3 is 2.85 bits per heavy atom. The molecule has 0 radical (unpaired) electrons. The van der Waals surface area contributed by atoms with Crippen LogP contribution in [-0.4, -0.2) is 24.1 Å². The first-order valence-corrected chi connectivity index (χ1v) is 8.81. The summed E-state index contributed by atoms with van der Waals surface area (Å²) in [4.78, 5) is 8.75. The third kappa shape index (κ3) is 3.53. The molecular formula is C16H29N3S. The molecule has 2 rings (SSSR count). The monoisotopic (exact) mass is 295 g/mol. The van der Waals surface area contributed by atoms with E-state index in [2.05, 4.69) is 44.8 Å². The Morgan fingerprint density at radius 2 is 2.20 bits per heavy atom. The molecule has 3 unspecified atom stereocenters. The zero-order chi connectivity index (χ0) is 14.7. The first-order valence-electron chi connectivity index (χ1n) is 8.00. The predicted molar refractivity (Wildman–Crippen MR) is 88.8 cm³/mol. The van der Waals surface area contributed by atoms with Crippen LogP contribution in [0.25, 0.3) is 0 Å². The molecule has 1 aromatic heterocycles. The second kappa shape index (κ2) is 6.90. The van der Waals surface area contributed by atoms with Gasteiger partial charge in [0.15, 0.2) is 5.13 Å². The van der Waals surface area contributed by atoms with Gasteiger partial charge in [0.2, 0.25) is 0 Å². The zero-order valence-electron chi connectivity index (χ0n) is 13.6. The van der Waals surface area contributed by atoms with Crippen LogP contribution in [0.15, 0.2) is 0 Å². The maximum absolute atomic E-state index is 4.84. The van der Waals surface area contributed by atoms with E-state index in [1.807, 2.05) is 11.3 Å². The number of hydrogen-bond acceptors (Lipinski definition) is 4. The fourth-order valence-electron chi connectivity index (χ4n) is 3.06. The number of aryl methyl sites for hydroxylation is 1. The molecule has 1 saturated heterocycles. The molecule has 1 aliphatic rings. The van der Waals surface area contributed by atoms with Crippen molar-refractivity contribution in [3.8, 4) is 0 Å². The highest BCUT2D eigenvalue weighted by atomic mass is 32.1. The molecule has 1 N–H and O–H groups in total. The number of anilines is 1. The zero-order valence-corrected chi connectivity index (χ0v) is 14.4. The van der Waals surface area contributed by atoms with Crippen molar-refractivity contribution in [2.75, 3.05) is 18.0 Å². The number of nitrogens with one attached hydrogen (secondary N) is 1. The van der Waals surface area contributed by atoms with Gasteiger partial charge in [-0.3, -0.25) is 0 Å². The Labute approximate surface area is 127 Å². The molecule has 1 aromatic rings. The van der Waals surface area contributed by atoms with E-state index in [9.17, 15) is 0 Å². The second-order valence-corrected chi connectivity index (χ2v) is 7.30. The predicted octanol–water partition coefficient (Wildman–Crippen LogP) is 4.14. The standard InChI is InChI=1S/C16H29N3S/c1-6-8-17-13(4)15-14(5)18-16(20-15)19-9-7-11(2)10-12(19)3/h11-13,17H,6-10H2,1-5H3. The van der Waals surface area contributed by atoms with Gasteiger partial charge in [-0.25, -0.2) is 4.98 Å². The summed E-state index contributed by atoms with van der Waals surface area (Å²) in [6, 6.07) is 1.04. The number of aromatic nitrogens is 1. The van der Waals surface area contributed by atoms with Gasteiger partial charge in [0, 0.05) is 23.5 Å². The van der Waals surface area contributed by atoms with Crippen LogP contribution in [0.5, 0.6) is 0 Å². The van der Waals surface area contributed by atoms with Crippen LogP contribution in [0.3, 0.4) is 0 Å². The highest BCUT2D eigenvalue weighted by Gasteiger charge is 2.26. The van der Waals surface area contributed by atoms with Crippen molar-refractivity contribution < 1.29 is 0 Å². The van der Waals surface area contributed by atoms with E-state index in [0.29, 0.717) is 12.1 Å². The van der Waals surface area contributed by atoms with Crippen molar-refractivity contribution in [3.05, 3.63) is 10.6 Å². The summed E-state index contributed by atoms with van der Waals surface area (Å²) in [5.41, 5.74) is 1.20. The molecule has 0 spiro atoms. The van der Waals surface area contributed by atoms with Gasteiger partial charge >= 0.3 is 0 Å². The summed E-state index contributed by atoms with van der Waals surface area (Å²) in [5, 5.41) is 4.80. The Balaban J connectivity index is 2.10. The van der Waals surface area contributed by atoms with E-state index in [4.69, 9.17) is 4.98 Å². The summed E-state index contributed by atoms with van der Waals surface area (Å²) < 4.78 is 0. The molecular weight excluding hydrogens is 266 g/mol. The van der Waals surface area contributed by atoms with Crippen molar-refractivity contribution in [1.29, 1.82) is 0 Å². The van der Waals surface area contributed by atoms with Gasteiger partial charge < -0.3 is 10.2 Å². The van der Waals surface area contributed by atoms with Crippen molar-refractivity contribution in [1.82, 2.24) is 10.3 Å². The van der Waals surface area contributed by atoms with Gasteiger partial charge in [-0.05, 0) is 52.5 Å². The summed E-state index contributed by atoms with van der Waals surface area (Å²) in [6.07, 6.45) is 3.76. The molecule has 1 aliphatic heterocycles. The number of piperidine rings is 1. The summed E-state index contributed by atoms with van der Waals surface area (Å²) in [7, 11) is 0. The van der Waals surface area contributed by atoms with Gasteiger partial charge in [-0.2, -0.15) is 0 Å². The molecule has 0 aliphatic carbocycles. The third-order valence-electron chi connectivity index (χ3n) is 4.30. The van der Waals surface area contributed by atoms with Gasteiger partial charge in [0.25, 0.3) is 0 Å². The van der Waals surface area contributed by atoms with Gasteiger partial charge in [0.1, 0.15) is 0 Å². The number of hydrogen-bond donors (Lipinski definition) is 1. The minimum atomic E-state index is 0.417. The average Bonchev–Trinajstić information content (AvgIpc) is 2.78. The van der Waals surface area contributed by atoms with Crippen molar-refractivity contribution in [2.24, 2.45) is 5.92 Å². The fourth-order valence-corrected chi connectivity index (χ4v) is 4.28. The molecule has 0 bridgehead atoms. The minimum absolute atomic E-state index is 0.417. The molecule has 1 fully saturated rings. The fraction of sp³-hybridized carbons (Fsp3) is 0.812. The summed E-state index contributed by atoms with van der Waals surface area (Å²) >= 11 is 1.88. The second-order valence-electron chi connectivity index (χ2n) is 6.29. The topological polar surface area (TPSA) is 28.2 Å². The number of rotatable bonds is 5. The van der Waals surface area contributed by atoms with Crippen LogP contribution in [0, 0.1) is 12.8 Å². The SMILES string of the molecule is CCCNC(C)c1sc(N2CCC(C)CC2C)nc1C. The van der Waals surface area contributed by atoms with Crippen LogP contribution < -0.4 is 10.2 Å². The van der Waals surface area contributed by atoms with Crippen molar-refractivity contribution in [2.45, 2.75) is 66.0 Å². The van der Waals surface area contributed by atoms with Crippen LogP contribution >= 0.6 is 11.3 Å². The van der Waals surface area contributed by atoms with Crippen molar-refractivity contribution >= 4 is 16.5 Å². The van der Waals surface area contributed by atoms with Gasteiger partial charge in [-0.1, -0.05) is 13.8 Å². The maximum atomic E-state index is 4.84. The molecule has 2 heterocycles. The van der Waals surface area contributed by atoms with Crippen molar-refractivity contribution in [3.63, 3.8) is 0 Å². The Bertz CT molecular complexity index is 429. The maximum Gasteiger partial charge on any atom is 0.186 e. The minimum Gasteiger partial charge on any atom is -0.345 e. The number of nitrogens with zero attached hydrogens (tertiary/aromatic N) is 2. The van der Waals surface area contributed by atoms with Crippen LogP contribution in [0.1, 0.15) is 63.6 Å². The summed E-state index contributed by atoms with van der Waals surface area (Å²) in [6.45, 7) is 13.5. The third-order valence-corrected chi connectivity index (χ3v) is 5.68. The Kier molecular flexibility index (Phi) is 5.44. The molecule has 3 atom stereocenters. The Hall–Kier alpha value is -0.610. The Morgan fingerprint density at radius 1 is 1.45 bits per heavy atom. The van der Waals surface area contributed by atoms with E-state index < -0.39 is 0 Å². The largest absolute Gasteiger partial charge is 0.345 e. The van der Waals surface area contributed by atoms with Crippen LogP contribution in [0.2, 0.25) is 0 Å². The lowest BCUT2D eigenvalue weighted by Gasteiger charge is -2.36. The van der Waals surface area contributed by atoms with Gasteiger partial charge in [0.05, 0.1) is 5.69 Å². The lowest BCUT2D eigenvalue weighted by atomic mass is 9.94. The lowest BCUT2D eigenvalue weighted by Crippen LogP contribution is -2.40. The molecule has 4 heteroatoms. The first kappa shape index (κ1) is 15.8. The quantitative estimate of drug-likeness (QED) is 0.885. The summed E-state index contributed by atoms with van der Waals surface area (Å²) in [5.74, 6) is 0.854. The highest BCUT2D eigenvalue weighted by Crippen LogP contribution is 2.34. The normalized spacial score (nSPS) is 24.9. The average molecular weight is 295 g/mol. The highest BCUT2D eigenvalue weighted by molar-refractivity contribution is 7.15. The smallest absolute Gasteiger partial charge is 0.186 e. The molecule has 0 saturated carbocycles. The van der Waals surface area contributed by atoms with Crippen LogP contribution in [-0.2, 0) is 0 Å². The first-order chi connectivity index (χ1) is 9.52. The molecule has 114 valence electrons. The van der Waals surface area contributed by atoms with Gasteiger partial charge in [-0.15, -0.1) is 11.3 Å². The molecule has 3 nitrogen and oxygen atoms in total. The van der Waals surface area contributed by atoms with E-state index >= 15 is 0 Å². The van der Waals surface area contributed by atoms with Crippen LogP contribution in [0.4, 0.5) is 5.13 Å². The van der Waals surface area contributed by atoms with E-state index in [-0.39, 0.29) is 0 Å². The van der Waals surface area contributed by atoms with E-state index in [0.717, 1.165) is 19.0 Å². The molecule has 0 aromatic carbocycles. The number of thiazole rings is 1. The van der Waals surface area contributed by atoms with E-state index in [1.165, 1.54) is 35.0 Å². The molecule has 0 amide bonds. The molecule has 20 heavy (non-hydrogen) atoms. The lowest BCUT2D eigenvalue weighted by molar-refractivity contribution is 0.377.